The van der Waals surface area contributed by atoms with Gasteiger partial charge in [0.2, 0.25) is 11.8 Å². The molecule has 1 fully saturated rings. The van der Waals surface area contributed by atoms with Crippen molar-refractivity contribution >= 4 is 33.2 Å². The van der Waals surface area contributed by atoms with Gasteiger partial charge in [0.1, 0.15) is 5.75 Å². The summed E-state index contributed by atoms with van der Waals surface area (Å²) in [4.78, 5) is 25.5. The zero-order valence-corrected chi connectivity index (χ0v) is 17.1. The van der Waals surface area contributed by atoms with Gasteiger partial charge in [-0.1, -0.05) is 6.07 Å². The Morgan fingerprint density at radius 1 is 1.17 bits per heavy atom. The Bertz CT molecular complexity index is 1020. The van der Waals surface area contributed by atoms with E-state index in [2.05, 4.69) is 10.0 Å². The van der Waals surface area contributed by atoms with Gasteiger partial charge in [-0.2, -0.15) is 0 Å². The molecule has 2 N–H and O–H groups in total. The molecular formula is C20H23N3O5S. The van der Waals surface area contributed by atoms with Crippen molar-refractivity contribution in [1.82, 2.24) is 4.90 Å². The lowest BCUT2D eigenvalue weighted by atomic mass is 10.2. The van der Waals surface area contributed by atoms with E-state index in [0.717, 1.165) is 12.0 Å². The molecule has 0 unspecified atom stereocenters. The number of nitrogens with one attached hydrogen (secondary N) is 2. The van der Waals surface area contributed by atoms with Gasteiger partial charge in [-0.15, -0.1) is 0 Å². The number of carbonyl (C=O) groups is 2. The van der Waals surface area contributed by atoms with Crippen LogP contribution >= 0.6 is 0 Å². The molecule has 3 rings (SSSR count). The highest BCUT2D eigenvalue weighted by Gasteiger charge is 2.23. The van der Waals surface area contributed by atoms with Gasteiger partial charge in [-0.3, -0.25) is 14.3 Å². The van der Waals surface area contributed by atoms with E-state index in [9.17, 15) is 18.0 Å². The molecule has 2 amide bonds. The fourth-order valence-corrected chi connectivity index (χ4v) is 4.09. The van der Waals surface area contributed by atoms with E-state index in [1.54, 1.807) is 37.3 Å². The predicted molar refractivity (Wildman–Crippen MR) is 109 cm³/mol. The van der Waals surface area contributed by atoms with E-state index in [4.69, 9.17) is 4.74 Å². The number of sulfonamides is 1. The van der Waals surface area contributed by atoms with Crippen molar-refractivity contribution in [3.8, 4) is 5.75 Å². The highest BCUT2D eigenvalue weighted by molar-refractivity contribution is 7.92. The Hall–Kier alpha value is -3.07. The molecule has 0 aliphatic carbocycles. The fourth-order valence-electron chi connectivity index (χ4n) is 3.01. The number of nitrogens with zero attached hydrogens (tertiary/aromatic N) is 1. The zero-order valence-electron chi connectivity index (χ0n) is 16.3. The molecule has 1 heterocycles. The first-order valence-corrected chi connectivity index (χ1v) is 10.6. The van der Waals surface area contributed by atoms with Crippen LogP contribution in [0.2, 0.25) is 0 Å². The van der Waals surface area contributed by atoms with Crippen LogP contribution in [0.3, 0.4) is 0 Å². The van der Waals surface area contributed by atoms with Gasteiger partial charge in [0.15, 0.2) is 0 Å². The minimum atomic E-state index is -3.85. The SMILES string of the molecule is COc1ccc(NS(=O)(=O)c2ccc(C)c(NC(=O)CN3CCCC3=O)c2)cc1. The second-order valence-corrected chi connectivity index (χ2v) is 8.46. The van der Waals surface area contributed by atoms with Crippen molar-refractivity contribution < 1.29 is 22.7 Å². The van der Waals surface area contributed by atoms with Crippen molar-refractivity contribution in [2.75, 3.05) is 30.2 Å². The number of ether oxygens (including phenoxy) is 1. The van der Waals surface area contributed by atoms with Crippen LogP contribution in [0.5, 0.6) is 5.75 Å². The highest BCUT2D eigenvalue weighted by Crippen LogP contribution is 2.24. The first-order chi connectivity index (χ1) is 13.8. The molecule has 0 aromatic heterocycles. The highest BCUT2D eigenvalue weighted by atomic mass is 32.2. The number of rotatable bonds is 7. The Morgan fingerprint density at radius 3 is 2.52 bits per heavy atom. The standard InChI is InChI=1S/C20H23N3O5S/c1-14-5-10-17(29(26,27)22-15-6-8-16(28-2)9-7-15)12-18(14)21-19(24)13-23-11-3-4-20(23)25/h5-10,12,22H,3-4,11,13H2,1-2H3,(H,21,24). The molecule has 0 saturated carbocycles. The summed E-state index contributed by atoms with van der Waals surface area (Å²) in [6, 6.07) is 11.0. The average Bonchev–Trinajstić information content (AvgIpc) is 3.08. The molecule has 0 atom stereocenters. The first kappa shape index (κ1) is 20.7. The smallest absolute Gasteiger partial charge is 0.261 e. The number of hydrogen-bond donors (Lipinski definition) is 2. The number of methoxy groups -OCH3 is 1. The normalized spacial score (nSPS) is 14.0. The zero-order chi connectivity index (χ0) is 21.0. The van der Waals surface area contributed by atoms with E-state index in [0.29, 0.717) is 30.1 Å². The minimum Gasteiger partial charge on any atom is -0.497 e. The number of amides is 2. The van der Waals surface area contributed by atoms with Crippen LogP contribution in [0, 0.1) is 6.92 Å². The third-order valence-corrected chi connectivity index (χ3v) is 6.02. The summed E-state index contributed by atoms with van der Waals surface area (Å²) >= 11 is 0. The maximum Gasteiger partial charge on any atom is 0.261 e. The average molecular weight is 417 g/mol. The summed E-state index contributed by atoms with van der Waals surface area (Å²) in [5, 5.41) is 2.71. The minimum absolute atomic E-state index is 0.0199. The summed E-state index contributed by atoms with van der Waals surface area (Å²) < 4.78 is 33.0. The molecule has 0 bridgehead atoms. The van der Waals surface area contributed by atoms with Crippen LogP contribution in [-0.4, -0.2) is 45.3 Å². The lowest BCUT2D eigenvalue weighted by Crippen LogP contribution is -2.34. The topological polar surface area (TPSA) is 105 Å². The molecule has 0 radical (unpaired) electrons. The second kappa shape index (κ2) is 8.52. The van der Waals surface area contributed by atoms with Crippen LogP contribution in [-0.2, 0) is 19.6 Å². The lowest BCUT2D eigenvalue weighted by molar-refractivity contribution is -0.131. The molecule has 1 aliphatic heterocycles. The molecule has 29 heavy (non-hydrogen) atoms. The van der Waals surface area contributed by atoms with Crippen molar-refractivity contribution in [2.45, 2.75) is 24.7 Å². The number of carbonyl (C=O) groups excluding carboxylic acids is 2. The van der Waals surface area contributed by atoms with Crippen LogP contribution in [0.15, 0.2) is 47.4 Å². The first-order valence-electron chi connectivity index (χ1n) is 9.13. The van der Waals surface area contributed by atoms with E-state index >= 15 is 0 Å². The molecular weight excluding hydrogens is 394 g/mol. The van der Waals surface area contributed by atoms with Gasteiger partial charge < -0.3 is 15.0 Å². The van der Waals surface area contributed by atoms with Gasteiger partial charge in [0.05, 0.1) is 18.6 Å². The summed E-state index contributed by atoms with van der Waals surface area (Å²) in [5.74, 6) is 0.211. The largest absolute Gasteiger partial charge is 0.497 e. The van der Waals surface area contributed by atoms with E-state index in [1.807, 2.05) is 0 Å². The third-order valence-electron chi connectivity index (χ3n) is 4.64. The Balaban J connectivity index is 1.74. The predicted octanol–water partition coefficient (Wildman–Crippen LogP) is 2.37. The van der Waals surface area contributed by atoms with Crippen LogP contribution < -0.4 is 14.8 Å². The van der Waals surface area contributed by atoms with E-state index in [-0.39, 0.29) is 23.3 Å². The monoisotopic (exact) mass is 417 g/mol. The summed E-state index contributed by atoms with van der Waals surface area (Å²) in [6.45, 7) is 2.29. The van der Waals surface area contributed by atoms with Gasteiger partial charge in [0.25, 0.3) is 10.0 Å². The number of benzene rings is 2. The maximum atomic E-state index is 12.7. The Morgan fingerprint density at radius 2 is 1.90 bits per heavy atom. The fraction of sp³-hybridized carbons (Fsp3) is 0.300. The maximum absolute atomic E-state index is 12.7. The molecule has 0 spiro atoms. The molecule has 8 nitrogen and oxygen atoms in total. The van der Waals surface area contributed by atoms with Crippen molar-refractivity contribution in [3.05, 3.63) is 48.0 Å². The number of hydrogen-bond acceptors (Lipinski definition) is 5. The number of aryl methyl sites for hydroxylation is 1. The van der Waals surface area contributed by atoms with Gasteiger partial charge in [-0.25, -0.2) is 8.42 Å². The molecule has 1 aliphatic rings. The van der Waals surface area contributed by atoms with Crippen LogP contribution in [0.1, 0.15) is 18.4 Å². The van der Waals surface area contributed by atoms with E-state index in [1.165, 1.54) is 24.1 Å². The molecule has 1 saturated heterocycles. The summed E-state index contributed by atoms with van der Waals surface area (Å²) in [5.41, 5.74) is 1.50. The lowest BCUT2D eigenvalue weighted by Gasteiger charge is -2.16. The second-order valence-electron chi connectivity index (χ2n) is 6.78. The molecule has 9 heteroatoms. The molecule has 2 aromatic carbocycles. The van der Waals surface area contributed by atoms with Crippen molar-refractivity contribution in [1.29, 1.82) is 0 Å². The third kappa shape index (κ3) is 5.05. The van der Waals surface area contributed by atoms with Crippen molar-refractivity contribution in [2.24, 2.45) is 0 Å². The molecule has 154 valence electrons. The van der Waals surface area contributed by atoms with Crippen LogP contribution in [0.25, 0.3) is 0 Å². The Kier molecular flexibility index (Phi) is 6.07. The van der Waals surface area contributed by atoms with Gasteiger partial charge >= 0.3 is 0 Å². The number of anilines is 2. The Labute approximate surface area is 169 Å². The van der Waals surface area contributed by atoms with Crippen LogP contribution in [0.4, 0.5) is 11.4 Å². The summed E-state index contributed by atoms with van der Waals surface area (Å²) in [7, 11) is -2.32. The van der Waals surface area contributed by atoms with Crippen molar-refractivity contribution in [3.63, 3.8) is 0 Å². The number of likely N-dealkylation sites (tertiary alicyclic amines) is 1. The quantitative estimate of drug-likeness (QED) is 0.720. The van der Waals surface area contributed by atoms with Gasteiger partial charge in [-0.05, 0) is 55.3 Å². The van der Waals surface area contributed by atoms with Gasteiger partial charge in [0, 0.05) is 24.3 Å². The molecule has 2 aromatic rings. The van der Waals surface area contributed by atoms with E-state index < -0.39 is 10.0 Å². The summed E-state index contributed by atoms with van der Waals surface area (Å²) in [6.07, 6.45) is 1.20.